The van der Waals surface area contributed by atoms with Crippen molar-refractivity contribution in [2.24, 2.45) is 0 Å². The van der Waals surface area contributed by atoms with Crippen LogP contribution in [0.1, 0.15) is 5.56 Å². The van der Waals surface area contributed by atoms with Crippen molar-refractivity contribution in [2.75, 3.05) is 12.4 Å². The Bertz CT molecular complexity index is 1530. The Morgan fingerprint density at radius 1 is 1.11 bits per heavy atom. The fourth-order valence-electron chi connectivity index (χ4n) is 2.92. The molecule has 0 radical (unpaired) electrons. The van der Waals surface area contributed by atoms with Gasteiger partial charge in [-0.3, -0.25) is 14.9 Å². The van der Waals surface area contributed by atoms with Gasteiger partial charge in [-0.25, -0.2) is 0 Å². The number of carbonyl (C=O) groups is 1. The lowest BCUT2D eigenvalue weighted by atomic mass is 10.1. The third-order valence-corrected chi connectivity index (χ3v) is 6.42. The van der Waals surface area contributed by atoms with Gasteiger partial charge in [0.15, 0.2) is 16.4 Å². The van der Waals surface area contributed by atoms with E-state index in [1.54, 1.807) is 6.07 Å². The van der Waals surface area contributed by atoms with Gasteiger partial charge in [0, 0.05) is 11.1 Å². The molecule has 0 unspecified atom stereocenters. The summed E-state index contributed by atoms with van der Waals surface area (Å²) in [6.45, 7) is 0. The van der Waals surface area contributed by atoms with Crippen LogP contribution >= 0.6 is 23.2 Å². The Morgan fingerprint density at radius 3 is 2.50 bits per heavy atom. The van der Waals surface area contributed by atoms with Crippen LogP contribution in [0.3, 0.4) is 0 Å². The summed E-state index contributed by atoms with van der Waals surface area (Å²) in [6.07, 6.45) is 1.23. The normalized spacial score (nSPS) is 11.3. The third kappa shape index (κ3) is 6.11. The van der Waals surface area contributed by atoms with Gasteiger partial charge < -0.3 is 14.2 Å². The second kappa shape index (κ2) is 11.1. The summed E-state index contributed by atoms with van der Waals surface area (Å²) in [4.78, 5) is 22.3. The van der Waals surface area contributed by atoms with Crippen LogP contribution in [0, 0.1) is 21.4 Å². The van der Waals surface area contributed by atoms with Crippen LogP contribution in [0.2, 0.25) is 10.0 Å². The van der Waals surface area contributed by atoms with E-state index in [4.69, 9.17) is 32.1 Å². The van der Waals surface area contributed by atoms with Crippen molar-refractivity contribution < 1.29 is 27.1 Å². The summed E-state index contributed by atoms with van der Waals surface area (Å²) in [5.74, 6) is -1.09. The monoisotopic (exact) mass is 547 g/mol. The van der Waals surface area contributed by atoms with Crippen LogP contribution in [-0.4, -0.2) is 26.4 Å². The lowest BCUT2D eigenvalue weighted by molar-refractivity contribution is -0.387. The summed E-state index contributed by atoms with van der Waals surface area (Å²) in [5, 5.41) is 23.7. The van der Waals surface area contributed by atoms with E-state index in [-0.39, 0.29) is 27.8 Å². The summed E-state index contributed by atoms with van der Waals surface area (Å²) in [6, 6.07) is 14.8. The van der Waals surface area contributed by atoms with Crippen molar-refractivity contribution in [1.82, 2.24) is 0 Å². The highest BCUT2D eigenvalue weighted by atomic mass is 35.5. The number of nitriles is 1. The van der Waals surface area contributed by atoms with E-state index in [9.17, 15) is 28.6 Å². The first kappa shape index (κ1) is 26.5. The number of benzene rings is 3. The van der Waals surface area contributed by atoms with E-state index in [1.165, 1.54) is 61.7 Å². The minimum Gasteiger partial charge on any atom is -0.493 e. The lowest BCUT2D eigenvalue weighted by Crippen LogP contribution is -2.14. The number of amides is 1. The summed E-state index contributed by atoms with van der Waals surface area (Å²) < 4.78 is 35.7. The number of para-hydroxylation sites is 1. The van der Waals surface area contributed by atoms with Crippen LogP contribution in [0.15, 0.2) is 71.1 Å². The minimum absolute atomic E-state index is 0.0681. The van der Waals surface area contributed by atoms with Gasteiger partial charge in [-0.1, -0.05) is 41.4 Å². The number of ether oxygens (including phenoxy) is 1. The molecular formula is C23H15Cl2N3O7S. The Labute approximate surface area is 215 Å². The van der Waals surface area contributed by atoms with Crippen LogP contribution < -0.4 is 14.2 Å². The molecule has 0 aliphatic carbocycles. The topological polar surface area (TPSA) is 149 Å². The molecule has 0 fully saturated rings. The van der Waals surface area contributed by atoms with Gasteiger partial charge in [-0.15, -0.1) is 0 Å². The molecule has 3 aromatic rings. The molecule has 0 aliphatic heterocycles. The van der Waals surface area contributed by atoms with Gasteiger partial charge in [-0.05, 0) is 48.0 Å². The van der Waals surface area contributed by atoms with Crippen LogP contribution in [0.4, 0.5) is 11.4 Å². The molecule has 0 aliphatic rings. The van der Waals surface area contributed by atoms with Crippen LogP contribution in [-0.2, 0) is 14.9 Å². The molecule has 13 heteroatoms. The number of nitrogens with one attached hydrogen (secondary N) is 1. The smallest absolute Gasteiger partial charge is 0.346 e. The number of halogens is 2. The molecule has 3 aromatic carbocycles. The zero-order chi connectivity index (χ0) is 26.5. The van der Waals surface area contributed by atoms with Gasteiger partial charge in [-0.2, -0.15) is 13.7 Å². The maximum Gasteiger partial charge on any atom is 0.346 e. The third-order valence-electron chi connectivity index (χ3n) is 4.57. The van der Waals surface area contributed by atoms with Crippen molar-refractivity contribution in [1.29, 1.82) is 5.26 Å². The number of rotatable bonds is 8. The molecule has 1 N–H and O–H groups in total. The number of carbonyl (C=O) groups excluding carboxylic acids is 1. The first-order valence-electron chi connectivity index (χ1n) is 9.80. The largest absolute Gasteiger partial charge is 0.493 e. The van der Waals surface area contributed by atoms with E-state index >= 15 is 0 Å². The Morgan fingerprint density at radius 2 is 1.83 bits per heavy atom. The predicted molar refractivity (Wildman–Crippen MR) is 133 cm³/mol. The molecule has 0 spiro atoms. The van der Waals surface area contributed by atoms with E-state index < -0.39 is 31.5 Å². The van der Waals surface area contributed by atoms with Gasteiger partial charge in [0.2, 0.25) is 0 Å². The zero-order valence-electron chi connectivity index (χ0n) is 18.3. The SMILES string of the molecule is COc1cc(/C=C(\C#N)C(=O)Nc2cc(Cl)ccc2Cl)ccc1OS(=O)(=O)c1ccccc1[N+](=O)[O-]. The van der Waals surface area contributed by atoms with Crippen molar-refractivity contribution in [3.8, 4) is 17.6 Å². The molecule has 1 amide bonds. The Hall–Kier alpha value is -4.11. The van der Waals surface area contributed by atoms with Crippen LogP contribution in [0.25, 0.3) is 6.08 Å². The fourth-order valence-corrected chi connectivity index (χ4v) is 4.37. The molecule has 0 heterocycles. The molecule has 10 nitrogen and oxygen atoms in total. The molecule has 36 heavy (non-hydrogen) atoms. The molecule has 0 saturated carbocycles. The number of nitro groups is 1. The second-order valence-corrected chi connectivity index (χ2v) is 9.28. The Kier molecular flexibility index (Phi) is 8.16. The number of methoxy groups -OCH3 is 1. The zero-order valence-corrected chi connectivity index (χ0v) is 20.6. The number of nitro benzene ring substituents is 1. The van der Waals surface area contributed by atoms with Crippen molar-refractivity contribution in [3.05, 3.63) is 92.0 Å². The average molecular weight is 548 g/mol. The maximum atomic E-state index is 12.7. The predicted octanol–water partition coefficient (Wildman–Crippen LogP) is 5.22. The van der Waals surface area contributed by atoms with E-state index in [0.29, 0.717) is 10.6 Å². The molecular weight excluding hydrogens is 533 g/mol. The Balaban J connectivity index is 1.90. The maximum absolute atomic E-state index is 12.7. The van der Waals surface area contributed by atoms with Crippen molar-refractivity contribution in [3.63, 3.8) is 0 Å². The molecule has 3 rings (SSSR count). The molecule has 0 saturated heterocycles. The van der Waals surface area contributed by atoms with E-state index in [1.807, 2.05) is 0 Å². The lowest BCUT2D eigenvalue weighted by Gasteiger charge is -2.12. The van der Waals surface area contributed by atoms with E-state index in [2.05, 4.69) is 5.32 Å². The molecule has 0 bridgehead atoms. The summed E-state index contributed by atoms with van der Waals surface area (Å²) in [7, 11) is -3.35. The van der Waals surface area contributed by atoms with Gasteiger partial charge in [0.05, 0.1) is 22.7 Å². The number of anilines is 1. The highest BCUT2D eigenvalue weighted by molar-refractivity contribution is 7.87. The standard InChI is InChI=1S/C23H15Cl2N3O7S/c1-34-21-11-14(10-15(13-26)23(29)27-18-12-16(24)7-8-17(18)25)6-9-20(21)35-36(32,33)22-5-3-2-4-19(22)28(30)31/h2-12H,1H3,(H,27,29)/b15-10+. The van der Waals surface area contributed by atoms with Gasteiger partial charge in [0.1, 0.15) is 11.6 Å². The average Bonchev–Trinajstić information content (AvgIpc) is 2.85. The molecule has 184 valence electrons. The first-order valence-corrected chi connectivity index (χ1v) is 12.0. The van der Waals surface area contributed by atoms with Crippen molar-refractivity contribution >= 4 is 56.7 Å². The first-order chi connectivity index (χ1) is 17.1. The second-order valence-electron chi connectivity index (χ2n) is 6.92. The molecule has 0 atom stereocenters. The van der Waals surface area contributed by atoms with Gasteiger partial charge in [0.25, 0.3) is 11.6 Å². The fraction of sp³-hybridized carbons (Fsp3) is 0.0435. The minimum atomic E-state index is -4.59. The van der Waals surface area contributed by atoms with Gasteiger partial charge >= 0.3 is 10.1 Å². The quantitative estimate of drug-likeness (QED) is 0.132. The van der Waals surface area contributed by atoms with Crippen LogP contribution in [0.5, 0.6) is 11.5 Å². The highest BCUT2D eigenvalue weighted by Gasteiger charge is 2.28. The summed E-state index contributed by atoms with van der Waals surface area (Å²) >= 11 is 11.9. The molecule has 0 aromatic heterocycles. The number of hydrogen-bond acceptors (Lipinski definition) is 8. The van der Waals surface area contributed by atoms with E-state index in [0.717, 1.165) is 12.1 Å². The highest BCUT2D eigenvalue weighted by Crippen LogP contribution is 2.33. The number of nitrogens with zero attached hydrogens (tertiary/aromatic N) is 2. The number of hydrogen-bond donors (Lipinski definition) is 1. The summed E-state index contributed by atoms with van der Waals surface area (Å²) in [5.41, 5.74) is -0.446. The van der Waals surface area contributed by atoms with Crippen molar-refractivity contribution in [2.45, 2.75) is 4.90 Å².